The molecule has 0 aliphatic rings. The number of halogens is 3. The molecule has 1 aromatic carbocycles. The van der Waals surface area contributed by atoms with Gasteiger partial charge in [-0.1, -0.05) is 6.07 Å². The number of hydrogen-bond acceptors (Lipinski definition) is 3. The number of aliphatic hydroxyl groups excluding tert-OH is 1. The maximum atomic E-state index is 12.7. The van der Waals surface area contributed by atoms with Crippen LogP contribution in [-0.4, -0.2) is 25.9 Å². The van der Waals surface area contributed by atoms with E-state index in [-0.39, 0.29) is 30.0 Å². The van der Waals surface area contributed by atoms with Gasteiger partial charge in [-0.25, -0.2) is 8.42 Å². The highest BCUT2D eigenvalue weighted by Crippen LogP contribution is 2.33. The SMILES string of the molecule is Cc1ccc(NS(=O)(=O)CCCO)cc1C(F)(F)F. The largest absolute Gasteiger partial charge is 0.416 e. The van der Waals surface area contributed by atoms with Gasteiger partial charge < -0.3 is 5.11 Å². The molecule has 0 saturated heterocycles. The molecule has 19 heavy (non-hydrogen) atoms. The Bertz CT molecular complexity index is 541. The first kappa shape index (κ1) is 15.8. The van der Waals surface area contributed by atoms with E-state index in [9.17, 15) is 21.6 Å². The third-order valence-corrected chi connectivity index (χ3v) is 3.76. The molecule has 108 valence electrons. The summed E-state index contributed by atoms with van der Waals surface area (Å²) in [5.74, 6) is -0.348. The summed E-state index contributed by atoms with van der Waals surface area (Å²) in [5.41, 5.74) is -1.00. The molecule has 0 aromatic heterocycles. The lowest BCUT2D eigenvalue weighted by Gasteiger charge is -2.13. The van der Waals surface area contributed by atoms with Crippen molar-refractivity contribution in [3.8, 4) is 0 Å². The maximum absolute atomic E-state index is 12.7. The first-order valence-corrected chi connectivity index (χ1v) is 7.10. The number of aryl methyl sites for hydroxylation is 1. The predicted octanol–water partition coefficient (Wildman–Crippen LogP) is 2.14. The lowest BCUT2D eigenvalue weighted by atomic mass is 10.1. The summed E-state index contributed by atoms with van der Waals surface area (Å²) in [6, 6.07) is 3.22. The zero-order valence-corrected chi connectivity index (χ0v) is 11.0. The average Bonchev–Trinajstić information content (AvgIpc) is 2.27. The van der Waals surface area contributed by atoms with E-state index in [1.54, 1.807) is 0 Å². The molecule has 0 spiro atoms. The highest BCUT2D eigenvalue weighted by atomic mass is 32.2. The number of anilines is 1. The van der Waals surface area contributed by atoms with Gasteiger partial charge >= 0.3 is 6.18 Å². The van der Waals surface area contributed by atoms with Crippen LogP contribution in [0, 0.1) is 6.92 Å². The molecule has 0 aliphatic heterocycles. The van der Waals surface area contributed by atoms with Crippen LogP contribution in [0.1, 0.15) is 17.5 Å². The minimum Gasteiger partial charge on any atom is -0.396 e. The first-order valence-electron chi connectivity index (χ1n) is 5.45. The van der Waals surface area contributed by atoms with Gasteiger partial charge in [-0.2, -0.15) is 13.2 Å². The fourth-order valence-electron chi connectivity index (χ4n) is 1.48. The normalized spacial score (nSPS) is 12.5. The Morgan fingerprint density at radius 2 is 1.95 bits per heavy atom. The summed E-state index contributed by atoms with van der Waals surface area (Å²) in [5, 5.41) is 8.54. The van der Waals surface area contributed by atoms with Crippen LogP contribution >= 0.6 is 0 Å². The Morgan fingerprint density at radius 3 is 2.47 bits per heavy atom. The zero-order chi connectivity index (χ0) is 14.7. The summed E-state index contributed by atoms with van der Waals surface area (Å²) in [7, 11) is -3.75. The van der Waals surface area contributed by atoms with Gasteiger partial charge in [-0.05, 0) is 31.0 Å². The second kappa shape index (κ2) is 5.79. The van der Waals surface area contributed by atoms with Crippen molar-refractivity contribution in [3.63, 3.8) is 0 Å². The molecule has 0 radical (unpaired) electrons. The van der Waals surface area contributed by atoms with Crippen LogP contribution in [0.2, 0.25) is 0 Å². The van der Waals surface area contributed by atoms with E-state index in [1.165, 1.54) is 19.1 Å². The molecule has 1 aromatic rings. The van der Waals surface area contributed by atoms with Gasteiger partial charge in [0, 0.05) is 12.3 Å². The molecule has 0 fully saturated rings. The lowest BCUT2D eigenvalue weighted by molar-refractivity contribution is -0.138. The minimum atomic E-state index is -4.53. The van der Waals surface area contributed by atoms with E-state index in [2.05, 4.69) is 4.72 Å². The second-order valence-electron chi connectivity index (χ2n) is 4.03. The molecule has 0 unspecified atom stereocenters. The number of benzene rings is 1. The summed E-state index contributed by atoms with van der Waals surface area (Å²) >= 11 is 0. The van der Waals surface area contributed by atoms with E-state index >= 15 is 0 Å². The van der Waals surface area contributed by atoms with Crippen molar-refractivity contribution in [2.75, 3.05) is 17.1 Å². The van der Waals surface area contributed by atoms with E-state index < -0.39 is 21.8 Å². The Kier molecular flexibility index (Phi) is 4.81. The van der Waals surface area contributed by atoms with Crippen molar-refractivity contribution >= 4 is 15.7 Å². The van der Waals surface area contributed by atoms with Crippen LogP contribution < -0.4 is 4.72 Å². The highest BCUT2D eigenvalue weighted by molar-refractivity contribution is 7.92. The van der Waals surface area contributed by atoms with Crippen LogP contribution in [0.15, 0.2) is 18.2 Å². The Hall–Kier alpha value is -1.28. The quantitative estimate of drug-likeness (QED) is 0.875. The lowest BCUT2D eigenvalue weighted by Crippen LogP contribution is -2.18. The Morgan fingerprint density at radius 1 is 1.32 bits per heavy atom. The third kappa shape index (κ3) is 4.71. The van der Waals surface area contributed by atoms with E-state index in [4.69, 9.17) is 5.11 Å². The van der Waals surface area contributed by atoms with Crippen LogP contribution in [0.5, 0.6) is 0 Å². The first-order chi connectivity index (χ1) is 8.65. The molecule has 0 saturated carbocycles. The molecular formula is C11H14F3NO3S. The van der Waals surface area contributed by atoms with E-state index in [0.717, 1.165) is 6.07 Å². The fraction of sp³-hybridized carbons (Fsp3) is 0.455. The van der Waals surface area contributed by atoms with Crippen molar-refractivity contribution in [2.24, 2.45) is 0 Å². The Balaban J connectivity index is 2.98. The van der Waals surface area contributed by atoms with Gasteiger partial charge in [0.05, 0.1) is 11.3 Å². The number of nitrogens with one attached hydrogen (secondary N) is 1. The molecule has 8 heteroatoms. The fourth-order valence-corrected chi connectivity index (χ4v) is 2.57. The van der Waals surface area contributed by atoms with Crippen molar-refractivity contribution in [1.82, 2.24) is 0 Å². The van der Waals surface area contributed by atoms with Crippen LogP contribution in [0.3, 0.4) is 0 Å². The van der Waals surface area contributed by atoms with E-state index in [0.29, 0.717) is 0 Å². The van der Waals surface area contributed by atoms with Crippen molar-refractivity contribution in [3.05, 3.63) is 29.3 Å². The number of sulfonamides is 1. The summed E-state index contributed by atoms with van der Waals surface area (Å²) < 4.78 is 63.0. The zero-order valence-electron chi connectivity index (χ0n) is 10.2. The molecule has 0 bridgehead atoms. The highest BCUT2D eigenvalue weighted by Gasteiger charge is 2.32. The van der Waals surface area contributed by atoms with Gasteiger partial charge in [-0.3, -0.25) is 4.72 Å². The average molecular weight is 297 g/mol. The van der Waals surface area contributed by atoms with Gasteiger partial charge in [0.1, 0.15) is 0 Å². The van der Waals surface area contributed by atoms with Crippen molar-refractivity contribution in [2.45, 2.75) is 19.5 Å². The van der Waals surface area contributed by atoms with Gasteiger partial charge in [-0.15, -0.1) is 0 Å². The molecule has 0 amide bonds. The molecule has 0 heterocycles. The molecular weight excluding hydrogens is 283 g/mol. The minimum absolute atomic E-state index is 0.0193. The monoisotopic (exact) mass is 297 g/mol. The Labute approximate surface area is 109 Å². The van der Waals surface area contributed by atoms with E-state index in [1.807, 2.05) is 0 Å². The molecule has 0 aliphatic carbocycles. The summed E-state index contributed by atoms with van der Waals surface area (Å²) in [4.78, 5) is 0. The van der Waals surface area contributed by atoms with Crippen molar-refractivity contribution < 1.29 is 26.7 Å². The number of hydrogen-bond donors (Lipinski definition) is 2. The van der Waals surface area contributed by atoms with Crippen molar-refractivity contribution in [1.29, 1.82) is 0 Å². The van der Waals surface area contributed by atoms with Gasteiger partial charge in [0.25, 0.3) is 0 Å². The third-order valence-electron chi connectivity index (χ3n) is 2.39. The van der Waals surface area contributed by atoms with Crippen LogP contribution in [0.4, 0.5) is 18.9 Å². The molecule has 4 nitrogen and oxygen atoms in total. The molecule has 1 rings (SSSR count). The predicted molar refractivity (Wildman–Crippen MR) is 65.3 cm³/mol. The summed E-state index contributed by atoms with van der Waals surface area (Å²) in [6.07, 6.45) is -4.51. The number of rotatable bonds is 5. The summed E-state index contributed by atoms with van der Waals surface area (Å²) in [6.45, 7) is 0.996. The molecule has 0 atom stereocenters. The van der Waals surface area contributed by atoms with Gasteiger partial charge in [0.15, 0.2) is 0 Å². The van der Waals surface area contributed by atoms with Crippen LogP contribution in [0.25, 0.3) is 0 Å². The number of alkyl halides is 3. The standard InChI is InChI=1S/C11H14F3NO3S/c1-8-3-4-9(7-10(8)11(12,13)14)15-19(17,18)6-2-5-16/h3-4,7,15-16H,2,5-6H2,1H3. The number of aliphatic hydroxyl groups is 1. The topological polar surface area (TPSA) is 66.4 Å². The van der Waals surface area contributed by atoms with Crippen LogP contribution in [-0.2, 0) is 16.2 Å². The maximum Gasteiger partial charge on any atom is 0.416 e. The smallest absolute Gasteiger partial charge is 0.396 e. The van der Waals surface area contributed by atoms with Gasteiger partial charge in [0.2, 0.25) is 10.0 Å². The second-order valence-corrected chi connectivity index (χ2v) is 5.87. The molecule has 2 N–H and O–H groups in total.